The van der Waals surface area contributed by atoms with Crippen molar-refractivity contribution >= 4 is 23.8 Å². The molecule has 1 N–H and O–H groups in total. The Kier molecular flexibility index (Phi) is 5.31. The summed E-state index contributed by atoms with van der Waals surface area (Å²) in [7, 11) is 0. The standard InChI is InChI=1S/C10H8ClF2NO4/c11-7-1-2-8(18-10(12)13)6(3-7)4-14-17-5-9(15)16/h1-4,10H,5H2,(H,15,16). The normalized spacial score (nSPS) is 10.9. The van der Waals surface area contributed by atoms with E-state index in [9.17, 15) is 13.6 Å². The van der Waals surface area contributed by atoms with Crippen molar-refractivity contribution in [2.75, 3.05) is 6.61 Å². The molecule has 1 aromatic rings. The number of ether oxygens (including phenoxy) is 1. The molecule has 0 fully saturated rings. The molecule has 0 aliphatic rings. The molecule has 5 nitrogen and oxygen atoms in total. The summed E-state index contributed by atoms with van der Waals surface area (Å²) in [6.45, 7) is -3.62. The number of nitrogens with zero attached hydrogens (tertiary/aromatic N) is 1. The summed E-state index contributed by atoms with van der Waals surface area (Å²) in [5, 5.41) is 11.9. The number of benzene rings is 1. The molecule has 0 saturated heterocycles. The van der Waals surface area contributed by atoms with Crippen LogP contribution in [0, 0.1) is 0 Å². The Bertz CT molecular complexity index is 454. The van der Waals surface area contributed by atoms with E-state index < -0.39 is 19.2 Å². The molecule has 0 saturated carbocycles. The van der Waals surface area contributed by atoms with E-state index in [2.05, 4.69) is 14.7 Å². The van der Waals surface area contributed by atoms with E-state index >= 15 is 0 Å². The lowest BCUT2D eigenvalue weighted by molar-refractivity contribution is -0.142. The van der Waals surface area contributed by atoms with Crippen molar-refractivity contribution in [1.29, 1.82) is 0 Å². The zero-order valence-corrected chi connectivity index (χ0v) is 9.60. The fraction of sp³-hybridized carbons (Fsp3) is 0.200. The van der Waals surface area contributed by atoms with Crippen molar-refractivity contribution in [2.45, 2.75) is 6.61 Å². The summed E-state index contributed by atoms with van der Waals surface area (Å²) in [5.74, 6) is -1.35. The highest BCUT2D eigenvalue weighted by molar-refractivity contribution is 6.30. The van der Waals surface area contributed by atoms with Crippen molar-refractivity contribution in [3.63, 3.8) is 0 Å². The van der Waals surface area contributed by atoms with E-state index in [1.54, 1.807) is 0 Å². The van der Waals surface area contributed by atoms with Gasteiger partial charge in [0.1, 0.15) is 5.75 Å². The van der Waals surface area contributed by atoms with Gasteiger partial charge in [-0.25, -0.2) is 4.79 Å². The summed E-state index contributed by atoms with van der Waals surface area (Å²) in [6, 6.07) is 3.94. The number of carbonyl (C=O) groups is 1. The van der Waals surface area contributed by atoms with E-state index in [1.165, 1.54) is 18.2 Å². The van der Waals surface area contributed by atoms with Gasteiger partial charge in [0.25, 0.3) is 0 Å². The monoisotopic (exact) mass is 279 g/mol. The van der Waals surface area contributed by atoms with E-state index in [0.29, 0.717) is 0 Å². The molecule has 0 bridgehead atoms. The minimum absolute atomic E-state index is 0.142. The van der Waals surface area contributed by atoms with Gasteiger partial charge in [-0.05, 0) is 18.2 Å². The number of carboxylic acid groups (broad SMARTS) is 1. The minimum atomic E-state index is -2.99. The summed E-state index contributed by atoms with van der Waals surface area (Å²) in [4.78, 5) is 14.5. The highest BCUT2D eigenvalue weighted by Gasteiger charge is 2.09. The number of hydrogen-bond acceptors (Lipinski definition) is 4. The lowest BCUT2D eigenvalue weighted by Crippen LogP contribution is -2.05. The molecule has 0 spiro atoms. The molecular weight excluding hydrogens is 272 g/mol. The quantitative estimate of drug-likeness (QED) is 0.641. The molecule has 0 aliphatic carbocycles. The lowest BCUT2D eigenvalue weighted by Gasteiger charge is -2.07. The Labute approximate surface area is 106 Å². The van der Waals surface area contributed by atoms with Gasteiger partial charge in [0.15, 0.2) is 0 Å². The molecule has 0 aliphatic heterocycles. The van der Waals surface area contributed by atoms with E-state index in [0.717, 1.165) is 6.21 Å². The van der Waals surface area contributed by atoms with Crippen LogP contribution < -0.4 is 4.74 Å². The van der Waals surface area contributed by atoms with E-state index in [4.69, 9.17) is 16.7 Å². The number of aliphatic carboxylic acids is 1. The number of rotatable bonds is 6. The van der Waals surface area contributed by atoms with Crippen LogP contribution in [0.25, 0.3) is 0 Å². The minimum Gasteiger partial charge on any atom is -0.479 e. The van der Waals surface area contributed by atoms with Crippen LogP contribution in [0.2, 0.25) is 5.02 Å². The van der Waals surface area contributed by atoms with Gasteiger partial charge in [0.2, 0.25) is 6.61 Å². The van der Waals surface area contributed by atoms with Gasteiger partial charge in [0.05, 0.1) is 6.21 Å². The molecule has 98 valence electrons. The number of carboxylic acids is 1. The van der Waals surface area contributed by atoms with Crippen LogP contribution in [0.5, 0.6) is 5.75 Å². The SMILES string of the molecule is O=C(O)CON=Cc1cc(Cl)ccc1OC(F)F. The highest BCUT2D eigenvalue weighted by Crippen LogP contribution is 2.23. The van der Waals surface area contributed by atoms with Crippen LogP contribution in [0.1, 0.15) is 5.56 Å². The van der Waals surface area contributed by atoms with Gasteiger partial charge in [-0.15, -0.1) is 0 Å². The van der Waals surface area contributed by atoms with Gasteiger partial charge >= 0.3 is 12.6 Å². The molecular formula is C10H8ClF2NO4. The van der Waals surface area contributed by atoms with Crippen molar-refractivity contribution in [3.05, 3.63) is 28.8 Å². The summed E-state index contributed by atoms with van der Waals surface area (Å²) >= 11 is 5.68. The maximum atomic E-state index is 12.1. The molecule has 8 heteroatoms. The molecule has 1 aromatic carbocycles. The van der Waals surface area contributed by atoms with Crippen LogP contribution in [-0.2, 0) is 9.63 Å². The third-order valence-corrected chi connectivity index (χ3v) is 1.88. The molecule has 18 heavy (non-hydrogen) atoms. The smallest absolute Gasteiger partial charge is 0.387 e. The summed E-state index contributed by atoms with van der Waals surface area (Å²) in [6.07, 6.45) is 1.03. The lowest BCUT2D eigenvalue weighted by atomic mass is 10.2. The van der Waals surface area contributed by atoms with E-state index in [1.807, 2.05) is 0 Å². The second kappa shape index (κ2) is 6.75. The van der Waals surface area contributed by atoms with Gasteiger partial charge in [-0.1, -0.05) is 16.8 Å². The van der Waals surface area contributed by atoms with E-state index in [-0.39, 0.29) is 16.3 Å². The largest absolute Gasteiger partial charge is 0.479 e. The third-order valence-electron chi connectivity index (χ3n) is 1.64. The van der Waals surface area contributed by atoms with Gasteiger partial charge in [-0.2, -0.15) is 8.78 Å². The predicted octanol–water partition coefficient (Wildman–Crippen LogP) is 2.38. The molecule has 0 atom stereocenters. The van der Waals surface area contributed by atoms with Gasteiger partial charge in [0, 0.05) is 10.6 Å². The van der Waals surface area contributed by atoms with Crippen molar-refractivity contribution in [2.24, 2.45) is 5.16 Å². The molecule has 0 aromatic heterocycles. The first-order valence-electron chi connectivity index (χ1n) is 4.60. The maximum Gasteiger partial charge on any atom is 0.387 e. The molecule has 0 heterocycles. The second-order valence-corrected chi connectivity index (χ2v) is 3.40. The van der Waals surface area contributed by atoms with Crippen LogP contribution in [0.15, 0.2) is 23.4 Å². The molecule has 0 radical (unpaired) electrons. The molecule has 1 rings (SSSR count). The van der Waals surface area contributed by atoms with Gasteiger partial charge < -0.3 is 14.7 Å². The second-order valence-electron chi connectivity index (χ2n) is 2.96. The fourth-order valence-corrected chi connectivity index (χ4v) is 1.19. The van der Waals surface area contributed by atoms with Crippen LogP contribution in [0.4, 0.5) is 8.78 Å². The Morgan fingerprint density at radius 2 is 2.28 bits per heavy atom. The Morgan fingerprint density at radius 1 is 1.56 bits per heavy atom. The number of hydrogen-bond donors (Lipinski definition) is 1. The highest BCUT2D eigenvalue weighted by atomic mass is 35.5. The average Bonchev–Trinajstić information content (AvgIpc) is 2.27. The zero-order chi connectivity index (χ0) is 13.5. The topological polar surface area (TPSA) is 68.1 Å². The maximum absolute atomic E-state index is 12.1. The van der Waals surface area contributed by atoms with Crippen molar-refractivity contribution in [1.82, 2.24) is 0 Å². The third kappa shape index (κ3) is 4.96. The molecule has 0 amide bonds. The summed E-state index contributed by atoms with van der Waals surface area (Å²) < 4.78 is 28.4. The Hall–Kier alpha value is -1.89. The first kappa shape index (κ1) is 14.2. The number of oxime groups is 1. The zero-order valence-electron chi connectivity index (χ0n) is 8.85. The average molecular weight is 280 g/mol. The first-order chi connectivity index (χ1) is 8.49. The van der Waals surface area contributed by atoms with Crippen LogP contribution >= 0.6 is 11.6 Å². The molecule has 0 unspecified atom stereocenters. The van der Waals surface area contributed by atoms with Gasteiger partial charge in [-0.3, -0.25) is 0 Å². The predicted molar refractivity (Wildman–Crippen MR) is 59.3 cm³/mol. The summed E-state index contributed by atoms with van der Waals surface area (Å²) in [5.41, 5.74) is 0.146. The first-order valence-corrected chi connectivity index (χ1v) is 4.98. The number of halogens is 3. The van der Waals surface area contributed by atoms with Crippen LogP contribution in [-0.4, -0.2) is 30.5 Å². The fourth-order valence-electron chi connectivity index (χ4n) is 1.01. The van der Waals surface area contributed by atoms with Crippen LogP contribution in [0.3, 0.4) is 0 Å². The Balaban J connectivity index is 2.78. The Morgan fingerprint density at radius 3 is 2.89 bits per heavy atom. The number of alkyl halides is 2. The van der Waals surface area contributed by atoms with Crippen molar-refractivity contribution < 1.29 is 28.3 Å². The van der Waals surface area contributed by atoms with Crippen molar-refractivity contribution in [3.8, 4) is 5.75 Å².